The number of ether oxygens (including phenoxy) is 1. The van der Waals surface area contributed by atoms with Gasteiger partial charge in [-0.15, -0.1) is 0 Å². The Morgan fingerprint density at radius 2 is 1.86 bits per heavy atom. The lowest BCUT2D eigenvalue weighted by atomic mass is 10.1. The van der Waals surface area contributed by atoms with Crippen molar-refractivity contribution in [1.82, 2.24) is 19.8 Å². The summed E-state index contributed by atoms with van der Waals surface area (Å²) in [4.78, 5) is 42.9. The van der Waals surface area contributed by atoms with Crippen LogP contribution in [0.1, 0.15) is 17.5 Å². The van der Waals surface area contributed by atoms with Crippen LogP contribution in [0.2, 0.25) is 0 Å². The number of hydrogen-bond donors (Lipinski definition) is 3. The standard InChI is InChI=1S/C32H39N9O3/c1-4-29(42)36-28-17-25(34-26-11-16-44-21-26)6-5-22(28)19-41-20-23-18-33-31(37-30(23)39(3)32(41)43)35-24-7-9-27(10-8-24)40-14-12-38(2)13-15-40/h4-10,17-18,26,34H,1,11-16,19-21H2,2-3H3,(H,36,42)(H,33,35,37). The minimum atomic E-state index is -0.317. The number of anilines is 6. The lowest BCUT2D eigenvalue weighted by molar-refractivity contribution is -0.111. The zero-order valence-electron chi connectivity index (χ0n) is 25.3. The van der Waals surface area contributed by atoms with Crippen molar-refractivity contribution in [2.75, 3.05) is 79.2 Å². The van der Waals surface area contributed by atoms with Gasteiger partial charge in [-0.05, 0) is 61.5 Å². The molecular formula is C32H39N9O3. The number of fused-ring (bicyclic) bond motifs is 1. The number of nitrogens with zero attached hydrogens (tertiary/aromatic N) is 6. The molecule has 3 aromatic rings. The molecule has 0 bridgehead atoms. The number of likely N-dealkylation sites (N-methyl/N-ethyl adjacent to an activating group) is 1. The third kappa shape index (κ3) is 6.61. The normalized spacial score (nSPS) is 18.6. The Kier molecular flexibility index (Phi) is 8.62. The molecule has 2 fully saturated rings. The molecule has 1 aromatic heterocycles. The van der Waals surface area contributed by atoms with E-state index in [0.717, 1.165) is 61.7 Å². The highest BCUT2D eigenvalue weighted by Crippen LogP contribution is 2.31. The first kappa shape index (κ1) is 29.4. The minimum absolute atomic E-state index is 0.190. The second kappa shape index (κ2) is 12.9. The summed E-state index contributed by atoms with van der Waals surface area (Å²) in [5.74, 6) is 0.674. The second-order valence-corrected chi connectivity index (χ2v) is 11.5. The number of rotatable bonds is 9. The molecule has 2 saturated heterocycles. The Bertz CT molecular complexity index is 1520. The van der Waals surface area contributed by atoms with Crippen LogP contribution in [0.15, 0.2) is 61.3 Å². The second-order valence-electron chi connectivity index (χ2n) is 11.5. The molecule has 230 valence electrons. The molecule has 1 unspecified atom stereocenters. The van der Waals surface area contributed by atoms with Crippen LogP contribution in [0.25, 0.3) is 0 Å². The van der Waals surface area contributed by atoms with E-state index >= 15 is 0 Å². The van der Waals surface area contributed by atoms with Crippen molar-refractivity contribution in [2.45, 2.75) is 25.6 Å². The number of hydrogen-bond acceptors (Lipinski definition) is 9. The van der Waals surface area contributed by atoms with Crippen molar-refractivity contribution in [3.05, 3.63) is 72.4 Å². The van der Waals surface area contributed by atoms with E-state index in [0.29, 0.717) is 37.1 Å². The third-order valence-corrected chi connectivity index (χ3v) is 8.28. The van der Waals surface area contributed by atoms with E-state index < -0.39 is 0 Å². The van der Waals surface area contributed by atoms with Crippen molar-refractivity contribution < 1.29 is 14.3 Å². The maximum atomic E-state index is 13.5. The van der Waals surface area contributed by atoms with Gasteiger partial charge in [0.15, 0.2) is 0 Å². The van der Waals surface area contributed by atoms with E-state index in [9.17, 15) is 9.59 Å². The Hall–Kier alpha value is -4.68. The van der Waals surface area contributed by atoms with Gasteiger partial charge in [-0.2, -0.15) is 4.98 Å². The van der Waals surface area contributed by atoms with E-state index in [1.165, 1.54) is 11.8 Å². The summed E-state index contributed by atoms with van der Waals surface area (Å²) in [6.45, 7) is 9.72. The zero-order chi connectivity index (χ0) is 30.6. The van der Waals surface area contributed by atoms with Crippen molar-refractivity contribution in [2.24, 2.45) is 0 Å². The van der Waals surface area contributed by atoms with Crippen LogP contribution in [-0.2, 0) is 22.6 Å². The fraction of sp³-hybridized carbons (Fsp3) is 0.375. The van der Waals surface area contributed by atoms with Gasteiger partial charge in [-0.1, -0.05) is 12.6 Å². The highest BCUT2D eigenvalue weighted by molar-refractivity contribution is 6.00. The fourth-order valence-electron chi connectivity index (χ4n) is 5.70. The van der Waals surface area contributed by atoms with E-state index in [4.69, 9.17) is 4.74 Å². The van der Waals surface area contributed by atoms with Crippen LogP contribution in [-0.4, -0.2) is 91.2 Å². The summed E-state index contributed by atoms with van der Waals surface area (Å²) >= 11 is 0. The van der Waals surface area contributed by atoms with Gasteiger partial charge in [0.2, 0.25) is 11.9 Å². The summed E-state index contributed by atoms with van der Waals surface area (Å²) in [5.41, 5.74) is 5.20. The summed E-state index contributed by atoms with van der Waals surface area (Å²) < 4.78 is 5.47. The smallest absolute Gasteiger partial charge is 0.326 e. The molecule has 0 radical (unpaired) electrons. The summed E-state index contributed by atoms with van der Waals surface area (Å²) in [6, 6.07) is 14.1. The summed E-state index contributed by atoms with van der Waals surface area (Å²) in [5, 5.41) is 9.63. The average Bonchev–Trinajstić information content (AvgIpc) is 3.55. The predicted molar refractivity (Wildman–Crippen MR) is 173 cm³/mol. The molecule has 2 aromatic carbocycles. The van der Waals surface area contributed by atoms with Gasteiger partial charge in [0.1, 0.15) is 5.82 Å². The van der Waals surface area contributed by atoms with Crippen molar-refractivity contribution in [3.8, 4) is 0 Å². The Labute approximate surface area is 257 Å². The largest absolute Gasteiger partial charge is 0.380 e. The van der Waals surface area contributed by atoms with Crippen LogP contribution < -0.4 is 25.8 Å². The Balaban J connectivity index is 1.14. The van der Waals surface area contributed by atoms with Crippen LogP contribution in [0.5, 0.6) is 0 Å². The zero-order valence-corrected chi connectivity index (χ0v) is 25.3. The van der Waals surface area contributed by atoms with Crippen LogP contribution in [0, 0.1) is 0 Å². The maximum Gasteiger partial charge on any atom is 0.326 e. The SMILES string of the molecule is C=CC(=O)Nc1cc(NC2CCOC2)ccc1CN1Cc2cnc(Nc3ccc(N4CCN(C)CC4)cc3)nc2N(C)C1=O. The first-order valence-corrected chi connectivity index (χ1v) is 15.0. The molecule has 3 amide bonds. The van der Waals surface area contributed by atoms with E-state index in [2.05, 4.69) is 61.5 Å². The van der Waals surface area contributed by atoms with E-state index in [-0.39, 0.29) is 18.0 Å². The quantitative estimate of drug-likeness (QED) is 0.316. The summed E-state index contributed by atoms with van der Waals surface area (Å²) in [6.07, 6.45) is 3.92. The Morgan fingerprint density at radius 1 is 1.09 bits per heavy atom. The molecule has 4 heterocycles. The molecule has 6 rings (SSSR count). The van der Waals surface area contributed by atoms with Gasteiger partial charge in [0.05, 0.1) is 19.2 Å². The van der Waals surface area contributed by atoms with E-state index in [1.54, 1.807) is 23.0 Å². The Morgan fingerprint density at radius 3 is 2.59 bits per heavy atom. The lowest BCUT2D eigenvalue weighted by Crippen LogP contribution is -2.45. The molecule has 12 heteroatoms. The molecule has 0 spiro atoms. The van der Waals surface area contributed by atoms with Gasteiger partial charge in [0.25, 0.3) is 0 Å². The molecule has 12 nitrogen and oxygen atoms in total. The third-order valence-electron chi connectivity index (χ3n) is 8.28. The number of aromatic nitrogens is 2. The number of carbonyl (C=O) groups excluding carboxylic acids is 2. The maximum absolute atomic E-state index is 13.5. The number of benzene rings is 2. The van der Waals surface area contributed by atoms with Gasteiger partial charge >= 0.3 is 6.03 Å². The molecule has 1 atom stereocenters. The summed E-state index contributed by atoms with van der Waals surface area (Å²) in [7, 11) is 3.87. The molecule has 44 heavy (non-hydrogen) atoms. The van der Waals surface area contributed by atoms with Crippen LogP contribution in [0.4, 0.5) is 39.3 Å². The highest BCUT2D eigenvalue weighted by atomic mass is 16.5. The van der Waals surface area contributed by atoms with Crippen molar-refractivity contribution in [1.29, 1.82) is 0 Å². The number of piperazine rings is 1. The van der Waals surface area contributed by atoms with Crippen LogP contribution >= 0.6 is 0 Å². The number of carbonyl (C=O) groups is 2. The molecule has 3 aliphatic heterocycles. The van der Waals surface area contributed by atoms with Crippen molar-refractivity contribution in [3.63, 3.8) is 0 Å². The van der Waals surface area contributed by atoms with Gasteiger partial charge in [0, 0.05) is 80.9 Å². The van der Waals surface area contributed by atoms with Crippen molar-refractivity contribution >= 4 is 46.5 Å². The topological polar surface area (TPSA) is 118 Å². The first-order valence-electron chi connectivity index (χ1n) is 15.0. The van der Waals surface area contributed by atoms with Gasteiger partial charge < -0.3 is 35.4 Å². The molecule has 3 N–H and O–H groups in total. The molecule has 3 aliphatic rings. The lowest BCUT2D eigenvalue weighted by Gasteiger charge is -2.34. The average molecular weight is 598 g/mol. The van der Waals surface area contributed by atoms with Gasteiger partial charge in [-0.25, -0.2) is 9.78 Å². The predicted octanol–water partition coefficient (Wildman–Crippen LogP) is 3.87. The van der Waals surface area contributed by atoms with E-state index in [1.807, 2.05) is 30.3 Å². The van der Waals surface area contributed by atoms with Gasteiger partial charge in [-0.3, -0.25) is 9.69 Å². The number of nitrogens with one attached hydrogen (secondary N) is 3. The monoisotopic (exact) mass is 597 g/mol. The first-order chi connectivity index (χ1) is 21.4. The fourth-order valence-corrected chi connectivity index (χ4v) is 5.70. The number of amides is 3. The molecular weight excluding hydrogens is 558 g/mol. The number of urea groups is 1. The van der Waals surface area contributed by atoms with Crippen LogP contribution in [0.3, 0.4) is 0 Å². The minimum Gasteiger partial charge on any atom is -0.380 e. The molecule has 0 saturated carbocycles. The highest BCUT2D eigenvalue weighted by Gasteiger charge is 2.30. The molecule has 0 aliphatic carbocycles.